The van der Waals surface area contributed by atoms with Gasteiger partial charge < -0.3 is 9.73 Å². The SMILES string of the molecule is CNCc1c(C)oc(C)c1S(=O)(=O)NCC(F)F. The minimum Gasteiger partial charge on any atom is -0.465 e. The van der Waals surface area contributed by atoms with Gasteiger partial charge in [-0.15, -0.1) is 0 Å². The van der Waals surface area contributed by atoms with Gasteiger partial charge in [-0.1, -0.05) is 0 Å². The third kappa shape index (κ3) is 3.27. The highest BCUT2D eigenvalue weighted by Gasteiger charge is 2.26. The van der Waals surface area contributed by atoms with Crippen molar-refractivity contribution < 1.29 is 21.6 Å². The van der Waals surface area contributed by atoms with Crippen LogP contribution < -0.4 is 10.0 Å². The maximum atomic E-state index is 12.1. The van der Waals surface area contributed by atoms with E-state index in [0.717, 1.165) is 0 Å². The van der Waals surface area contributed by atoms with Gasteiger partial charge >= 0.3 is 0 Å². The first-order valence-electron chi connectivity index (χ1n) is 5.31. The summed E-state index contributed by atoms with van der Waals surface area (Å²) in [5, 5.41) is 2.82. The molecule has 5 nitrogen and oxygen atoms in total. The smallest absolute Gasteiger partial charge is 0.251 e. The summed E-state index contributed by atoms with van der Waals surface area (Å²) >= 11 is 0. The first kappa shape index (κ1) is 15.1. The van der Waals surface area contributed by atoms with Crippen LogP contribution in [0.15, 0.2) is 9.31 Å². The average molecular weight is 282 g/mol. The van der Waals surface area contributed by atoms with Gasteiger partial charge in [-0.3, -0.25) is 0 Å². The molecule has 1 heterocycles. The molecule has 1 rings (SSSR count). The Hall–Kier alpha value is -0.990. The minimum absolute atomic E-state index is 0.0602. The zero-order valence-electron chi connectivity index (χ0n) is 10.4. The Balaban J connectivity index is 3.14. The van der Waals surface area contributed by atoms with Crippen molar-refractivity contribution in [3.8, 4) is 0 Å². The van der Waals surface area contributed by atoms with E-state index in [2.05, 4.69) is 5.32 Å². The number of aryl methyl sites for hydroxylation is 2. The number of hydrogen-bond donors (Lipinski definition) is 2. The molecule has 0 aromatic carbocycles. The van der Waals surface area contributed by atoms with E-state index in [1.54, 1.807) is 14.0 Å². The van der Waals surface area contributed by atoms with E-state index < -0.39 is 23.0 Å². The summed E-state index contributed by atoms with van der Waals surface area (Å²) in [7, 11) is -2.32. The van der Waals surface area contributed by atoms with Crippen molar-refractivity contribution in [3.63, 3.8) is 0 Å². The van der Waals surface area contributed by atoms with Crippen LogP contribution in [0, 0.1) is 13.8 Å². The lowest BCUT2D eigenvalue weighted by atomic mass is 10.2. The number of hydrogen-bond acceptors (Lipinski definition) is 4. The van der Waals surface area contributed by atoms with E-state index in [0.29, 0.717) is 11.3 Å². The van der Waals surface area contributed by atoms with Crippen LogP contribution in [0.3, 0.4) is 0 Å². The van der Waals surface area contributed by atoms with Crippen molar-refractivity contribution in [1.82, 2.24) is 10.0 Å². The lowest BCUT2D eigenvalue weighted by Crippen LogP contribution is -2.29. The molecule has 104 valence electrons. The van der Waals surface area contributed by atoms with Crippen molar-refractivity contribution >= 4 is 10.0 Å². The van der Waals surface area contributed by atoms with Crippen LogP contribution in [-0.2, 0) is 16.6 Å². The summed E-state index contributed by atoms with van der Waals surface area (Å²) in [6, 6.07) is 0. The lowest BCUT2D eigenvalue weighted by Gasteiger charge is -2.07. The van der Waals surface area contributed by atoms with Crippen molar-refractivity contribution in [2.75, 3.05) is 13.6 Å². The van der Waals surface area contributed by atoms with Gasteiger partial charge in [0.25, 0.3) is 6.43 Å². The van der Waals surface area contributed by atoms with Crippen molar-refractivity contribution in [2.24, 2.45) is 0 Å². The molecule has 0 fully saturated rings. The molecule has 0 aliphatic rings. The molecule has 18 heavy (non-hydrogen) atoms. The quantitative estimate of drug-likeness (QED) is 0.821. The van der Waals surface area contributed by atoms with Gasteiger partial charge in [0.05, 0.1) is 6.54 Å². The molecule has 0 spiro atoms. The first-order valence-corrected chi connectivity index (χ1v) is 6.79. The van der Waals surface area contributed by atoms with Gasteiger partial charge in [0.1, 0.15) is 16.4 Å². The molecule has 0 aliphatic heterocycles. The second-order valence-electron chi connectivity index (χ2n) is 3.80. The number of rotatable bonds is 6. The Kier molecular flexibility index (Phi) is 4.83. The summed E-state index contributed by atoms with van der Waals surface area (Å²) in [5.41, 5.74) is 0.455. The van der Waals surface area contributed by atoms with Crippen LogP contribution in [0.25, 0.3) is 0 Å². The van der Waals surface area contributed by atoms with E-state index in [1.807, 2.05) is 4.72 Å². The Labute approximate surface area is 105 Å². The zero-order valence-corrected chi connectivity index (χ0v) is 11.2. The Bertz CT molecular complexity index is 511. The van der Waals surface area contributed by atoms with Crippen LogP contribution in [0.1, 0.15) is 17.1 Å². The summed E-state index contributed by atoms with van der Waals surface area (Å²) in [6.07, 6.45) is -2.74. The normalized spacial score (nSPS) is 12.3. The third-order valence-electron chi connectivity index (χ3n) is 2.37. The number of nitrogens with one attached hydrogen (secondary N) is 2. The van der Waals surface area contributed by atoms with Gasteiger partial charge in [-0.2, -0.15) is 0 Å². The van der Waals surface area contributed by atoms with Gasteiger partial charge in [-0.25, -0.2) is 21.9 Å². The highest BCUT2D eigenvalue weighted by molar-refractivity contribution is 7.89. The molecular formula is C10H16F2N2O3S. The molecule has 0 atom stereocenters. The van der Waals surface area contributed by atoms with Crippen LogP contribution in [-0.4, -0.2) is 28.4 Å². The number of halogens is 2. The molecule has 1 aromatic heterocycles. The Morgan fingerprint density at radius 2 is 1.89 bits per heavy atom. The van der Waals surface area contributed by atoms with Gasteiger partial charge in [0.2, 0.25) is 10.0 Å². The van der Waals surface area contributed by atoms with E-state index in [-0.39, 0.29) is 17.2 Å². The molecule has 0 amide bonds. The number of sulfonamides is 1. The van der Waals surface area contributed by atoms with Crippen molar-refractivity contribution in [1.29, 1.82) is 0 Å². The topological polar surface area (TPSA) is 71.3 Å². The molecule has 2 N–H and O–H groups in total. The molecule has 8 heteroatoms. The highest BCUT2D eigenvalue weighted by atomic mass is 32.2. The van der Waals surface area contributed by atoms with Gasteiger partial charge in [0.15, 0.2) is 0 Å². The van der Waals surface area contributed by atoms with Crippen LogP contribution >= 0.6 is 0 Å². The maximum absolute atomic E-state index is 12.1. The van der Waals surface area contributed by atoms with E-state index in [1.165, 1.54) is 6.92 Å². The monoisotopic (exact) mass is 282 g/mol. The fourth-order valence-electron chi connectivity index (χ4n) is 1.69. The lowest BCUT2D eigenvalue weighted by molar-refractivity contribution is 0.153. The molecule has 1 aromatic rings. The van der Waals surface area contributed by atoms with Crippen LogP contribution in [0.2, 0.25) is 0 Å². The zero-order chi connectivity index (χ0) is 13.9. The fourth-order valence-corrected chi connectivity index (χ4v) is 3.14. The Morgan fingerprint density at radius 1 is 1.28 bits per heavy atom. The van der Waals surface area contributed by atoms with Gasteiger partial charge in [0, 0.05) is 12.1 Å². The molecule has 0 unspecified atom stereocenters. The standard InChI is InChI=1S/C10H16F2N2O3S/c1-6-8(4-13-3)10(7(2)17-6)18(15,16)14-5-9(11)12/h9,13-14H,4-5H2,1-3H3. The van der Waals surface area contributed by atoms with Crippen molar-refractivity contribution in [3.05, 3.63) is 17.1 Å². The number of furan rings is 1. The first-order chi connectivity index (χ1) is 8.29. The predicted octanol–water partition coefficient (Wildman–Crippen LogP) is 1.16. The third-order valence-corrected chi connectivity index (χ3v) is 3.99. The minimum atomic E-state index is -3.98. The van der Waals surface area contributed by atoms with E-state index in [4.69, 9.17) is 4.42 Å². The highest BCUT2D eigenvalue weighted by Crippen LogP contribution is 2.26. The fraction of sp³-hybridized carbons (Fsp3) is 0.600. The maximum Gasteiger partial charge on any atom is 0.251 e. The second kappa shape index (κ2) is 5.77. The summed E-state index contributed by atoms with van der Waals surface area (Å²) in [5.74, 6) is 0.652. The van der Waals surface area contributed by atoms with Gasteiger partial charge in [-0.05, 0) is 20.9 Å². The van der Waals surface area contributed by atoms with Crippen LogP contribution in [0.5, 0.6) is 0 Å². The predicted molar refractivity (Wildman–Crippen MR) is 62.1 cm³/mol. The summed E-state index contributed by atoms with van der Waals surface area (Å²) in [6.45, 7) is 2.49. The largest absolute Gasteiger partial charge is 0.465 e. The molecule has 0 aliphatic carbocycles. The molecule has 0 saturated carbocycles. The van der Waals surface area contributed by atoms with Crippen LogP contribution in [0.4, 0.5) is 8.78 Å². The second-order valence-corrected chi connectivity index (χ2v) is 5.50. The average Bonchev–Trinajstić information content (AvgIpc) is 2.52. The van der Waals surface area contributed by atoms with E-state index in [9.17, 15) is 17.2 Å². The molecule has 0 bridgehead atoms. The summed E-state index contributed by atoms with van der Waals surface area (Å²) in [4.78, 5) is -0.0602. The Morgan fingerprint density at radius 3 is 2.39 bits per heavy atom. The molecule has 0 saturated heterocycles. The summed E-state index contributed by atoms with van der Waals surface area (Å²) < 4.78 is 55.1. The molecule has 0 radical (unpaired) electrons. The van der Waals surface area contributed by atoms with Crippen molar-refractivity contribution in [2.45, 2.75) is 31.7 Å². The van der Waals surface area contributed by atoms with E-state index >= 15 is 0 Å². The number of alkyl halides is 2. The molecular weight excluding hydrogens is 266 g/mol.